The van der Waals surface area contributed by atoms with Crippen LogP contribution in [0.2, 0.25) is 5.02 Å². The molecule has 2 N–H and O–H groups in total. The third-order valence-electron chi connectivity index (χ3n) is 3.12. The van der Waals surface area contributed by atoms with Crippen LogP contribution >= 0.6 is 11.6 Å². The van der Waals surface area contributed by atoms with Crippen LogP contribution in [0.3, 0.4) is 0 Å². The van der Waals surface area contributed by atoms with Crippen molar-refractivity contribution in [2.75, 3.05) is 12.8 Å². The number of nitrogens with two attached hydrogens (primary N) is 1. The zero-order valence-corrected chi connectivity index (χ0v) is 10.5. The summed E-state index contributed by atoms with van der Waals surface area (Å²) in [5.74, 6) is 0.0912. The molecule has 1 aromatic rings. The molecule has 1 saturated carbocycles. The molecular formula is C11H14ClNO2S. The maximum atomic E-state index is 11.5. The second-order valence-electron chi connectivity index (χ2n) is 4.27. The Morgan fingerprint density at radius 1 is 1.31 bits per heavy atom. The average Bonchev–Trinajstić information content (AvgIpc) is 2.92. The zero-order chi connectivity index (χ0) is 11.9. The van der Waals surface area contributed by atoms with Crippen LogP contribution in [0.5, 0.6) is 0 Å². The maximum absolute atomic E-state index is 11.5. The summed E-state index contributed by atoms with van der Waals surface area (Å²) in [4.78, 5) is 0. The van der Waals surface area contributed by atoms with Crippen LogP contribution in [-0.2, 0) is 9.84 Å². The predicted octanol–water partition coefficient (Wildman–Crippen LogP) is 1.43. The van der Waals surface area contributed by atoms with Gasteiger partial charge in [0, 0.05) is 17.2 Å². The molecule has 0 unspecified atom stereocenters. The van der Waals surface area contributed by atoms with Crippen molar-refractivity contribution in [2.24, 2.45) is 11.7 Å². The summed E-state index contributed by atoms with van der Waals surface area (Å²) in [6.45, 7) is 0.408. The summed E-state index contributed by atoms with van der Waals surface area (Å²) in [6.07, 6.45) is 1.27. The molecular weight excluding hydrogens is 246 g/mol. The molecule has 0 radical (unpaired) electrons. The maximum Gasteiger partial charge on any atom is 0.151 e. The molecule has 1 aliphatic carbocycles. The SMILES string of the molecule is CS(=O)(=O)[C@H]1[C@H](CN)[C@@H]1c1ccc(Cl)cc1. The first-order valence-corrected chi connectivity index (χ1v) is 7.43. The van der Waals surface area contributed by atoms with E-state index < -0.39 is 9.84 Å². The first kappa shape index (κ1) is 11.9. The van der Waals surface area contributed by atoms with Gasteiger partial charge in [-0.05, 0) is 30.2 Å². The van der Waals surface area contributed by atoms with Crippen molar-refractivity contribution >= 4 is 21.4 Å². The van der Waals surface area contributed by atoms with Crippen LogP contribution in [0.15, 0.2) is 24.3 Å². The summed E-state index contributed by atoms with van der Waals surface area (Å²) in [7, 11) is -3.01. The Morgan fingerprint density at radius 2 is 1.88 bits per heavy atom. The van der Waals surface area contributed by atoms with Gasteiger partial charge in [0.25, 0.3) is 0 Å². The number of sulfone groups is 1. The Morgan fingerprint density at radius 3 is 2.25 bits per heavy atom. The van der Waals surface area contributed by atoms with Crippen molar-refractivity contribution < 1.29 is 8.42 Å². The van der Waals surface area contributed by atoms with Crippen molar-refractivity contribution in [3.8, 4) is 0 Å². The van der Waals surface area contributed by atoms with E-state index in [9.17, 15) is 8.42 Å². The minimum absolute atomic E-state index is 0.0391. The van der Waals surface area contributed by atoms with Crippen LogP contribution in [-0.4, -0.2) is 26.5 Å². The van der Waals surface area contributed by atoms with Crippen molar-refractivity contribution in [1.29, 1.82) is 0 Å². The highest BCUT2D eigenvalue weighted by atomic mass is 35.5. The molecule has 1 fully saturated rings. The van der Waals surface area contributed by atoms with Gasteiger partial charge in [-0.25, -0.2) is 8.42 Å². The number of halogens is 1. The topological polar surface area (TPSA) is 60.2 Å². The quantitative estimate of drug-likeness (QED) is 0.893. The molecule has 0 spiro atoms. The van der Waals surface area contributed by atoms with E-state index in [1.807, 2.05) is 12.1 Å². The van der Waals surface area contributed by atoms with Gasteiger partial charge in [-0.2, -0.15) is 0 Å². The van der Waals surface area contributed by atoms with Crippen LogP contribution in [0.4, 0.5) is 0 Å². The lowest BCUT2D eigenvalue weighted by atomic mass is 10.1. The molecule has 0 heterocycles. The highest BCUT2D eigenvalue weighted by molar-refractivity contribution is 7.91. The van der Waals surface area contributed by atoms with Gasteiger partial charge in [-0.1, -0.05) is 23.7 Å². The zero-order valence-electron chi connectivity index (χ0n) is 8.93. The molecule has 0 saturated heterocycles. The van der Waals surface area contributed by atoms with Crippen molar-refractivity contribution in [3.63, 3.8) is 0 Å². The van der Waals surface area contributed by atoms with Crippen molar-refractivity contribution in [1.82, 2.24) is 0 Å². The van der Waals surface area contributed by atoms with Gasteiger partial charge in [0.15, 0.2) is 9.84 Å². The van der Waals surface area contributed by atoms with E-state index in [1.165, 1.54) is 6.26 Å². The monoisotopic (exact) mass is 259 g/mol. The van der Waals surface area contributed by atoms with Crippen LogP contribution in [0.25, 0.3) is 0 Å². The summed E-state index contributed by atoms with van der Waals surface area (Å²) in [5, 5.41) is 0.336. The number of benzene rings is 1. The van der Waals surface area contributed by atoms with Crippen LogP contribution in [0, 0.1) is 5.92 Å². The molecule has 1 aromatic carbocycles. The fourth-order valence-electron chi connectivity index (χ4n) is 2.33. The third kappa shape index (κ3) is 2.10. The number of hydrogen-bond donors (Lipinski definition) is 1. The van der Waals surface area contributed by atoms with E-state index in [0.29, 0.717) is 11.6 Å². The molecule has 0 aromatic heterocycles. The summed E-state index contributed by atoms with van der Waals surface area (Å²) in [6, 6.07) is 7.31. The van der Waals surface area contributed by atoms with Gasteiger partial charge >= 0.3 is 0 Å². The van der Waals surface area contributed by atoms with Gasteiger partial charge in [0.1, 0.15) is 0 Å². The number of hydrogen-bond acceptors (Lipinski definition) is 3. The predicted molar refractivity (Wildman–Crippen MR) is 65.4 cm³/mol. The molecule has 0 aliphatic heterocycles. The molecule has 5 heteroatoms. The summed E-state index contributed by atoms with van der Waals surface area (Å²) in [5.41, 5.74) is 6.60. The Labute approximate surface area is 101 Å². The third-order valence-corrected chi connectivity index (χ3v) is 5.00. The van der Waals surface area contributed by atoms with Gasteiger partial charge < -0.3 is 5.73 Å². The summed E-state index contributed by atoms with van der Waals surface area (Å²) >= 11 is 5.79. The van der Waals surface area contributed by atoms with E-state index >= 15 is 0 Å². The molecule has 16 heavy (non-hydrogen) atoms. The summed E-state index contributed by atoms with van der Waals surface area (Å²) < 4.78 is 23.1. The molecule has 3 nitrogen and oxygen atoms in total. The number of rotatable bonds is 3. The smallest absolute Gasteiger partial charge is 0.151 e. The molecule has 0 bridgehead atoms. The normalized spacial score (nSPS) is 29.1. The lowest BCUT2D eigenvalue weighted by molar-refractivity contribution is 0.597. The Hall–Kier alpha value is -0.580. The highest BCUT2D eigenvalue weighted by Gasteiger charge is 2.55. The Bertz CT molecular complexity index is 483. The lowest BCUT2D eigenvalue weighted by Gasteiger charge is -1.99. The van der Waals surface area contributed by atoms with Crippen molar-refractivity contribution in [2.45, 2.75) is 11.2 Å². The second kappa shape index (κ2) is 4.02. The first-order chi connectivity index (χ1) is 7.45. The van der Waals surface area contributed by atoms with Crippen LogP contribution in [0.1, 0.15) is 11.5 Å². The van der Waals surface area contributed by atoms with E-state index in [4.69, 9.17) is 17.3 Å². The fraction of sp³-hybridized carbons (Fsp3) is 0.455. The standard InChI is InChI=1S/C11H14ClNO2S/c1-16(14,15)11-9(6-13)10(11)7-2-4-8(12)5-3-7/h2-5,9-11H,6,13H2,1H3/t9-,10+,11+/m1/s1. The fourth-order valence-corrected chi connectivity index (χ4v) is 4.17. The minimum atomic E-state index is -3.01. The molecule has 88 valence electrons. The molecule has 3 atom stereocenters. The van der Waals surface area contributed by atoms with Gasteiger partial charge in [-0.15, -0.1) is 0 Å². The van der Waals surface area contributed by atoms with E-state index in [0.717, 1.165) is 5.56 Å². The van der Waals surface area contributed by atoms with E-state index in [1.54, 1.807) is 12.1 Å². The average molecular weight is 260 g/mol. The van der Waals surface area contributed by atoms with Crippen LogP contribution < -0.4 is 5.73 Å². The van der Waals surface area contributed by atoms with Gasteiger partial charge in [0.05, 0.1) is 5.25 Å². The first-order valence-electron chi connectivity index (χ1n) is 5.09. The Kier molecular flexibility index (Phi) is 2.99. The minimum Gasteiger partial charge on any atom is -0.330 e. The van der Waals surface area contributed by atoms with Crippen molar-refractivity contribution in [3.05, 3.63) is 34.9 Å². The molecule has 2 rings (SSSR count). The lowest BCUT2D eigenvalue weighted by Crippen LogP contribution is -2.11. The Balaban J connectivity index is 2.27. The van der Waals surface area contributed by atoms with E-state index in [2.05, 4.69) is 0 Å². The second-order valence-corrected chi connectivity index (χ2v) is 6.91. The van der Waals surface area contributed by atoms with E-state index in [-0.39, 0.29) is 17.1 Å². The van der Waals surface area contributed by atoms with Gasteiger partial charge in [-0.3, -0.25) is 0 Å². The highest BCUT2D eigenvalue weighted by Crippen LogP contribution is 2.51. The molecule has 0 amide bonds. The van der Waals surface area contributed by atoms with Gasteiger partial charge in [0.2, 0.25) is 0 Å². The molecule has 1 aliphatic rings. The largest absolute Gasteiger partial charge is 0.330 e.